The molecule has 6 heteroatoms. The minimum atomic E-state index is -4.30. The van der Waals surface area contributed by atoms with Gasteiger partial charge in [-0.2, -0.15) is 13.2 Å². The predicted octanol–water partition coefficient (Wildman–Crippen LogP) is 6.60. The van der Waals surface area contributed by atoms with Crippen molar-refractivity contribution in [3.8, 4) is 16.2 Å². The van der Waals surface area contributed by atoms with Crippen molar-refractivity contribution in [2.45, 2.75) is 32.0 Å². The van der Waals surface area contributed by atoms with Crippen molar-refractivity contribution in [3.63, 3.8) is 0 Å². The van der Waals surface area contributed by atoms with Crippen molar-refractivity contribution in [1.29, 1.82) is 0 Å². The Balaban J connectivity index is 1.47. The summed E-state index contributed by atoms with van der Waals surface area (Å²) in [7, 11) is 1.69. The number of benzene rings is 2. The number of thiophene rings is 1. The molecule has 0 bridgehead atoms. The molecule has 0 radical (unpaired) electrons. The third-order valence-electron chi connectivity index (χ3n) is 5.83. The molecule has 1 aliphatic rings. The Morgan fingerprint density at radius 1 is 0.933 bits per heavy atom. The van der Waals surface area contributed by atoms with Crippen molar-refractivity contribution < 1.29 is 17.9 Å². The van der Waals surface area contributed by atoms with Crippen LogP contribution in [0.2, 0.25) is 0 Å². The molecule has 158 valence electrons. The molecule has 1 aromatic heterocycles. The first kappa shape index (κ1) is 20.9. The van der Waals surface area contributed by atoms with Gasteiger partial charge in [-0.25, -0.2) is 0 Å². The molecule has 3 aromatic rings. The van der Waals surface area contributed by atoms with Crippen molar-refractivity contribution in [2.24, 2.45) is 0 Å². The highest BCUT2D eigenvalue weighted by Crippen LogP contribution is 2.36. The van der Waals surface area contributed by atoms with Gasteiger partial charge in [0.25, 0.3) is 0 Å². The third kappa shape index (κ3) is 4.40. The summed E-state index contributed by atoms with van der Waals surface area (Å²) in [6.45, 7) is 4.15. The Morgan fingerprint density at radius 2 is 1.63 bits per heavy atom. The molecule has 2 aromatic carbocycles. The lowest BCUT2D eigenvalue weighted by molar-refractivity contribution is -0.137. The molecule has 2 heterocycles. The van der Waals surface area contributed by atoms with Crippen LogP contribution < -0.4 is 4.74 Å². The van der Waals surface area contributed by atoms with E-state index in [1.807, 2.05) is 12.1 Å². The van der Waals surface area contributed by atoms with E-state index < -0.39 is 11.7 Å². The van der Waals surface area contributed by atoms with Crippen molar-refractivity contribution in [3.05, 3.63) is 76.2 Å². The predicted molar refractivity (Wildman–Crippen MR) is 115 cm³/mol. The summed E-state index contributed by atoms with van der Waals surface area (Å²) >= 11 is 1.65. The number of rotatable bonds is 4. The fourth-order valence-electron chi connectivity index (χ4n) is 3.97. The first-order chi connectivity index (χ1) is 14.3. The van der Waals surface area contributed by atoms with Crippen LogP contribution in [-0.2, 0) is 19.0 Å². The summed E-state index contributed by atoms with van der Waals surface area (Å²) < 4.78 is 43.8. The van der Waals surface area contributed by atoms with Crippen LogP contribution in [0.15, 0.2) is 54.6 Å². The summed E-state index contributed by atoms with van der Waals surface area (Å²) in [5, 5.41) is 0. The number of halogens is 3. The largest absolute Gasteiger partial charge is 0.497 e. The minimum absolute atomic E-state index is 0.259. The Kier molecular flexibility index (Phi) is 5.89. The molecule has 30 heavy (non-hydrogen) atoms. The van der Waals surface area contributed by atoms with E-state index in [0.717, 1.165) is 54.3 Å². The zero-order chi connectivity index (χ0) is 21.3. The third-order valence-corrected chi connectivity index (χ3v) is 7.14. The van der Waals surface area contributed by atoms with Gasteiger partial charge in [-0.05, 0) is 72.9 Å². The number of nitrogens with zero attached hydrogens (tertiary/aromatic N) is 1. The zero-order valence-electron chi connectivity index (χ0n) is 17.0. The van der Waals surface area contributed by atoms with Gasteiger partial charge in [0.05, 0.1) is 12.7 Å². The topological polar surface area (TPSA) is 12.5 Å². The molecular formula is C24H24F3NOS. The molecule has 0 fully saturated rings. The van der Waals surface area contributed by atoms with E-state index >= 15 is 0 Å². The normalized spacial score (nSPS) is 16.0. The quantitative estimate of drug-likeness (QED) is 0.461. The second-order valence-electron chi connectivity index (χ2n) is 7.62. The van der Waals surface area contributed by atoms with E-state index in [1.54, 1.807) is 30.6 Å². The molecular weight excluding hydrogens is 407 g/mol. The standard InChI is InChI=1S/C24H24F3NOS/c1-16(28-13-11-17-5-8-21(29-2)15-19(17)12-14-28)22-9-10-23(30-22)18-3-6-20(7-4-18)24(25,26)27/h3-10,15-16H,11-14H2,1-2H3. The van der Waals surface area contributed by atoms with Crippen molar-refractivity contribution >= 4 is 11.3 Å². The molecule has 0 saturated heterocycles. The van der Waals surface area contributed by atoms with E-state index in [1.165, 1.54) is 16.0 Å². The summed E-state index contributed by atoms with van der Waals surface area (Å²) in [5.41, 5.74) is 2.93. The molecule has 1 unspecified atom stereocenters. The lowest BCUT2D eigenvalue weighted by Gasteiger charge is -2.26. The summed E-state index contributed by atoms with van der Waals surface area (Å²) in [4.78, 5) is 4.70. The van der Waals surface area contributed by atoms with Gasteiger partial charge in [0, 0.05) is 28.9 Å². The second kappa shape index (κ2) is 8.44. The number of fused-ring (bicyclic) bond motifs is 1. The van der Waals surface area contributed by atoms with Crippen LogP contribution in [0.5, 0.6) is 5.75 Å². The number of hydrogen-bond acceptors (Lipinski definition) is 3. The van der Waals surface area contributed by atoms with Gasteiger partial charge in [-0.3, -0.25) is 4.90 Å². The lowest BCUT2D eigenvalue weighted by atomic mass is 10.0. The number of hydrogen-bond donors (Lipinski definition) is 0. The fraction of sp³-hybridized carbons (Fsp3) is 0.333. The maximum absolute atomic E-state index is 12.8. The first-order valence-electron chi connectivity index (χ1n) is 10.0. The highest BCUT2D eigenvalue weighted by atomic mass is 32.1. The van der Waals surface area contributed by atoms with Crippen LogP contribution in [0.25, 0.3) is 10.4 Å². The van der Waals surface area contributed by atoms with Crippen LogP contribution in [0, 0.1) is 0 Å². The van der Waals surface area contributed by atoms with Gasteiger partial charge in [0.15, 0.2) is 0 Å². The second-order valence-corrected chi connectivity index (χ2v) is 8.74. The van der Waals surface area contributed by atoms with Gasteiger partial charge in [0.1, 0.15) is 5.75 Å². The molecule has 2 nitrogen and oxygen atoms in total. The van der Waals surface area contributed by atoms with Crippen molar-refractivity contribution in [2.75, 3.05) is 20.2 Å². The zero-order valence-corrected chi connectivity index (χ0v) is 17.8. The van der Waals surface area contributed by atoms with E-state index in [-0.39, 0.29) is 6.04 Å². The van der Waals surface area contributed by atoms with Crippen LogP contribution >= 0.6 is 11.3 Å². The van der Waals surface area contributed by atoms with Crippen molar-refractivity contribution in [1.82, 2.24) is 4.90 Å². The molecule has 1 aliphatic heterocycles. The first-order valence-corrected chi connectivity index (χ1v) is 10.8. The highest BCUT2D eigenvalue weighted by Gasteiger charge is 2.30. The van der Waals surface area contributed by atoms with Gasteiger partial charge in [-0.15, -0.1) is 11.3 Å². The number of methoxy groups -OCH3 is 1. The molecule has 4 rings (SSSR count). The van der Waals surface area contributed by atoms with E-state index in [2.05, 4.69) is 30.0 Å². The average molecular weight is 432 g/mol. The molecule has 0 saturated carbocycles. The number of alkyl halides is 3. The summed E-state index contributed by atoms with van der Waals surface area (Å²) in [6.07, 6.45) is -2.32. The van der Waals surface area contributed by atoms with Gasteiger partial charge in [-0.1, -0.05) is 18.2 Å². The van der Waals surface area contributed by atoms with Gasteiger partial charge < -0.3 is 4.74 Å². The van der Waals surface area contributed by atoms with Gasteiger partial charge in [0.2, 0.25) is 0 Å². The smallest absolute Gasteiger partial charge is 0.416 e. The fourth-order valence-corrected chi connectivity index (χ4v) is 5.07. The Bertz CT molecular complexity index is 1010. The van der Waals surface area contributed by atoms with E-state index in [0.29, 0.717) is 0 Å². The Morgan fingerprint density at radius 3 is 2.30 bits per heavy atom. The maximum Gasteiger partial charge on any atom is 0.416 e. The molecule has 0 amide bonds. The monoisotopic (exact) mass is 431 g/mol. The molecule has 0 N–H and O–H groups in total. The van der Waals surface area contributed by atoms with Crippen LogP contribution in [0.1, 0.15) is 34.5 Å². The highest BCUT2D eigenvalue weighted by molar-refractivity contribution is 7.15. The summed E-state index contributed by atoms with van der Waals surface area (Å²) in [6, 6.07) is 16.1. The number of ether oxygens (including phenoxy) is 1. The summed E-state index contributed by atoms with van der Waals surface area (Å²) in [5.74, 6) is 0.898. The van der Waals surface area contributed by atoms with Crippen LogP contribution in [0.3, 0.4) is 0 Å². The molecule has 0 spiro atoms. The van der Waals surface area contributed by atoms with Crippen LogP contribution in [0.4, 0.5) is 13.2 Å². The Labute approximate surface area is 178 Å². The Hall–Kier alpha value is -2.31. The maximum atomic E-state index is 12.8. The van der Waals surface area contributed by atoms with E-state index in [4.69, 9.17) is 4.74 Å². The minimum Gasteiger partial charge on any atom is -0.497 e. The van der Waals surface area contributed by atoms with Crippen LogP contribution in [-0.4, -0.2) is 25.1 Å². The SMILES string of the molecule is COc1ccc2c(c1)CCN(C(C)c1ccc(-c3ccc(C(F)(F)F)cc3)s1)CC2. The van der Waals surface area contributed by atoms with Gasteiger partial charge >= 0.3 is 6.18 Å². The van der Waals surface area contributed by atoms with E-state index in [9.17, 15) is 13.2 Å². The molecule has 1 atom stereocenters. The molecule has 0 aliphatic carbocycles. The lowest BCUT2D eigenvalue weighted by Crippen LogP contribution is -2.29. The average Bonchev–Trinajstić information content (AvgIpc) is 3.14.